The second-order valence-electron chi connectivity index (χ2n) is 2.69. The molecule has 0 aliphatic rings. The van der Waals surface area contributed by atoms with Gasteiger partial charge in [0.15, 0.2) is 0 Å². The van der Waals surface area contributed by atoms with Crippen LogP contribution in [-0.2, 0) is 0 Å². The minimum Gasteiger partial charge on any atom is -0.403 e. The highest BCUT2D eigenvalue weighted by molar-refractivity contribution is 5.55. The zero-order valence-corrected chi connectivity index (χ0v) is 7.17. The van der Waals surface area contributed by atoms with Crippen LogP contribution in [0.2, 0.25) is 0 Å². The zero-order valence-electron chi connectivity index (χ0n) is 7.17. The maximum absolute atomic E-state index is 13.2. The summed E-state index contributed by atoms with van der Waals surface area (Å²) in [5.74, 6) is -3.71. The molecule has 2 rings (SSSR count). The van der Waals surface area contributed by atoms with Crippen molar-refractivity contribution in [3.8, 4) is 11.5 Å². The van der Waals surface area contributed by atoms with E-state index in [0.717, 1.165) is 0 Å². The van der Waals surface area contributed by atoms with E-state index in [1.54, 1.807) is 0 Å². The maximum atomic E-state index is 13.2. The van der Waals surface area contributed by atoms with Gasteiger partial charge in [-0.15, -0.1) is 5.10 Å². The van der Waals surface area contributed by atoms with E-state index in [-0.39, 0.29) is 6.01 Å². The number of nitrogens with two attached hydrogens (primary N) is 1. The van der Waals surface area contributed by atoms with Crippen molar-refractivity contribution in [2.24, 2.45) is 0 Å². The molecule has 2 aromatic rings. The van der Waals surface area contributed by atoms with Crippen LogP contribution in [0.5, 0.6) is 0 Å². The first kappa shape index (κ1) is 9.50. The summed E-state index contributed by atoms with van der Waals surface area (Å²) in [5, 5.41) is 6.52. The Morgan fingerprint density at radius 3 is 2.13 bits per heavy atom. The minimum atomic E-state index is -1.13. The topological polar surface area (TPSA) is 64.9 Å². The third kappa shape index (κ3) is 1.63. The molecule has 4 nitrogen and oxygen atoms in total. The third-order valence-electron chi connectivity index (χ3n) is 1.66. The molecule has 78 valence electrons. The largest absolute Gasteiger partial charge is 0.403 e. The van der Waals surface area contributed by atoms with E-state index in [2.05, 4.69) is 14.6 Å². The summed E-state index contributed by atoms with van der Waals surface area (Å²) >= 11 is 0. The molecule has 0 atom stereocenters. The monoisotopic (exact) mass is 215 g/mol. The van der Waals surface area contributed by atoms with Crippen LogP contribution in [0, 0.1) is 17.5 Å². The van der Waals surface area contributed by atoms with Crippen LogP contribution in [0.1, 0.15) is 0 Å². The summed E-state index contributed by atoms with van der Waals surface area (Å²) < 4.78 is 43.5. The van der Waals surface area contributed by atoms with E-state index < -0.39 is 28.9 Å². The van der Waals surface area contributed by atoms with Gasteiger partial charge < -0.3 is 10.2 Å². The Labute approximate surface area is 81.5 Å². The Kier molecular flexibility index (Phi) is 2.07. The zero-order chi connectivity index (χ0) is 11.0. The lowest BCUT2D eigenvalue weighted by Gasteiger charge is -1.99. The second kappa shape index (κ2) is 3.26. The molecule has 0 bridgehead atoms. The average molecular weight is 215 g/mol. The molecule has 1 aromatic carbocycles. The van der Waals surface area contributed by atoms with Crippen molar-refractivity contribution in [3.05, 3.63) is 29.6 Å². The van der Waals surface area contributed by atoms with Crippen LogP contribution in [-0.4, -0.2) is 10.2 Å². The van der Waals surface area contributed by atoms with Gasteiger partial charge in [0.05, 0.1) is 0 Å². The molecule has 0 amide bonds. The molecular formula is C8H4F3N3O. The molecule has 0 aliphatic heterocycles. The van der Waals surface area contributed by atoms with Crippen LogP contribution in [0.25, 0.3) is 11.5 Å². The Hall–Kier alpha value is -2.05. The van der Waals surface area contributed by atoms with Gasteiger partial charge in [-0.25, -0.2) is 13.2 Å². The second-order valence-corrected chi connectivity index (χ2v) is 2.69. The van der Waals surface area contributed by atoms with Gasteiger partial charge in [0.2, 0.25) is 0 Å². The van der Waals surface area contributed by atoms with E-state index in [0.29, 0.717) is 12.1 Å². The molecule has 1 heterocycles. The van der Waals surface area contributed by atoms with Gasteiger partial charge in [0.1, 0.15) is 23.0 Å². The van der Waals surface area contributed by atoms with Crippen LogP contribution in [0.3, 0.4) is 0 Å². The highest BCUT2D eigenvalue weighted by Crippen LogP contribution is 2.25. The Balaban J connectivity index is 2.62. The SMILES string of the molecule is Nc1nnc(-c2c(F)cc(F)cc2F)o1. The van der Waals surface area contributed by atoms with E-state index in [4.69, 9.17) is 5.73 Å². The smallest absolute Gasteiger partial charge is 0.313 e. The molecule has 0 fully saturated rings. The molecule has 7 heteroatoms. The average Bonchev–Trinajstić information content (AvgIpc) is 2.49. The minimum absolute atomic E-state index is 0.326. The molecule has 0 saturated heterocycles. The van der Waals surface area contributed by atoms with Crippen molar-refractivity contribution in [1.29, 1.82) is 0 Å². The Morgan fingerprint density at radius 2 is 1.67 bits per heavy atom. The predicted octanol–water partition coefficient (Wildman–Crippen LogP) is 1.74. The molecule has 0 radical (unpaired) electrons. The lowest BCUT2D eigenvalue weighted by atomic mass is 10.2. The number of benzene rings is 1. The highest BCUT2D eigenvalue weighted by Gasteiger charge is 2.18. The number of halogens is 3. The van der Waals surface area contributed by atoms with E-state index in [9.17, 15) is 13.2 Å². The molecule has 0 saturated carbocycles. The van der Waals surface area contributed by atoms with Crippen molar-refractivity contribution in [2.75, 3.05) is 5.73 Å². The fourth-order valence-corrected chi connectivity index (χ4v) is 1.08. The number of anilines is 1. The maximum Gasteiger partial charge on any atom is 0.313 e. The third-order valence-corrected chi connectivity index (χ3v) is 1.66. The number of aromatic nitrogens is 2. The summed E-state index contributed by atoms with van der Waals surface area (Å²) in [6.07, 6.45) is 0. The summed E-state index contributed by atoms with van der Waals surface area (Å²) in [5.41, 5.74) is 4.49. The highest BCUT2D eigenvalue weighted by atomic mass is 19.1. The molecule has 2 N–H and O–H groups in total. The van der Waals surface area contributed by atoms with Gasteiger partial charge in [0.25, 0.3) is 5.89 Å². The van der Waals surface area contributed by atoms with Gasteiger partial charge in [-0.3, -0.25) is 0 Å². The quantitative estimate of drug-likeness (QED) is 0.786. The lowest BCUT2D eigenvalue weighted by molar-refractivity contribution is 0.529. The van der Waals surface area contributed by atoms with Crippen molar-refractivity contribution in [1.82, 2.24) is 10.2 Å². The molecule has 0 unspecified atom stereocenters. The summed E-state index contributed by atoms with van der Waals surface area (Å²) in [7, 11) is 0. The van der Waals surface area contributed by atoms with E-state index >= 15 is 0 Å². The number of hydrogen-bond donors (Lipinski definition) is 1. The van der Waals surface area contributed by atoms with Gasteiger partial charge in [-0.05, 0) is 0 Å². The number of nitrogens with zero attached hydrogens (tertiary/aromatic N) is 2. The number of nitrogen functional groups attached to an aromatic ring is 1. The first-order valence-corrected chi connectivity index (χ1v) is 3.82. The molecular weight excluding hydrogens is 211 g/mol. The molecule has 1 aromatic heterocycles. The summed E-state index contributed by atoms with van der Waals surface area (Å²) in [6.45, 7) is 0. The first-order valence-electron chi connectivity index (χ1n) is 3.82. The Bertz CT molecular complexity index is 489. The standard InChI is InChI=1S/C8H4F3N3O/c9-3-1-4(10)6(5(11)2-3)7-13-14-8(12)15-7/h1-2H,(H2,12,14). The van der Waals surface area contributed by atoms with Crippen molar-refractivity contribution in [2.45, 2.75) is 0 Å². The van der Waals surface area contributed by atoms with Gasteiger partial charge in [0, 0.05) is 12.1 Å². The molecule has 0 spiro atoms. The number of rotatable bonds is 1. The normalized spacial score (nSPS) is 10.6. The van der Waals surface area contributed by atoms with E-state index in [1.165, 1.54) is 0 Å². The first-order chi connectivity index (χ1) is 7.08. The van der Waals surface area contributed by atoms with Crippen molar-refractivity contribution in [3.63, 3.8) is 0 Å². The van der Waals surface area contributed by atoms with E-state index in [1.807, 2.05) is 0 Å². The fraction of sp³-hybridized carbons (Fsp3) is 0. The number of hydrogen-bond acceptors (Lipinski definition) is 4. The fourth-order valence-electron chi connectivity index (χ4n) is 1.08. The van der Waals surface area contributed by atoms with Gasteiger partial charge in [-0.1, -0.05) is 5.10 Å². The summed E-state index contributed by atoms with van der Waals surface area (Å²) in [6, 6.07) is 0.700. The van der Waals surface area contributed by atoms with Gasteiger partial charge >= 0.3 is 6.01 Å². The van der Waals surface area contributed by atoms with Crippen molar-refractivity contribution >= 4 is 6.01 Å². The lowest BCUT2D eigenvalue weighted by Crippen LogP contribution is -1.92. The molecule has 15 heavy (non-hydrogen) atoms. The van der Waals surface area contributed by atoms with Crippen LogP contribution in [0.4, 0.5) is 19.2 Å². The Morgan fingerprint density at radius 1 is 1.07 bits per heavy atom. The predicted molar refractivity (Wildman–Crippen MR) is 44.0 cm³/mol. The van der Waals surface area contributed by atoms with Crippen LogP contribution >= 0.6 is 0 Å². The van der Waals surface area contributed by atoms with Gasteiger partial charge in [-0.2, -0.15) is 0 Å². The summed E-state index contributed by atoms with van der Waals surface area (Å²) in [4.78, 5) is 0. The molecule has 0 aliphatic carbocycles. The van der Waals surface area contributed by atoms with Crippen LogP contribution in [0.15, 0.2) is 16.5 Å². The van der Waals surface area contributed by atoms with Crippen molar-refractivity contribution < 1.29 is 17.6 Å². The van der Waals surface area contributed by atoms with Crippen LogP contribution < -0.4 is 5.73 Å².